The van der Waals surface area contributed by atoms with Crippen molar-refractivity contribution in [2.75, 3.05) is 13.3 Å². The molecule has 0 unspecified atom stereocenters. The average molecular weight is 627 g/mol. The summed E-state index contributed by atoms with van der Waals surface area (Å²) in [5, 5.41) is 3.00. The zero-order chi connectivity index (χ0) is 32.0. The number of nitrogens with zero attached hydrogens (tertiary/aromatic N) is 2. The van der Waals surface area contributed by atoms with E-state index in [1.54, 1.807) is 0 Å². The maximum absolute atomic E-state index is 12.8. The van der Waals surface area contributed by atoms with E-state index < -0.39 is 7.14 Å². The van der Waals surface area contributed by atoms with Crippen LogP contribution < -0.4 is 5.30 Å². The van der Waals surface area contributed by atoms with Gasteiger partial charge >= 0.3 is 0 Å². The monoisotopic (exact) mass is 626 g/mol. The first-order valence-electron chi connectivity index (χ1n) is 15.6. The highest BCUT2D eigenvalue weighted by molar-refractivity contribution is 7.70. The number of rotatable bonds is 6. The second kappa shape index (κ2) is 11.7. The predicted molar refractivity (Wildman–Crippen MR) is 196 cm³/mol. The Morgan fingerprint density at radius 3 is 1.66 bits per heavy atom. The third-order valence-electron chi connectivity index (χ3n) is 8.61. The minimum Gasteiger partial charge on any atom is -0.455 e. The highest BCUT2D eigenvalue weighted by Crippen LogP contribution is 2.42. The third-order valence-corrected chi connectivity index (χ3v) is 10.1. The minimum absolute atomic E-state index is 0.764. The maximum atomic E-state index is 12.8. The Kier molecular flexibility index (Phi) is 7.16. The van der Waals surface area contributed by atoms with Gasteiger partial charge in [-0.3, -0.25) is 0 Å². The van der Waals surface area contributed by atoms with E-state index in [2.05, 4.69) is 78.9 Å². The molecule has 0 bridgehead atoms. The lowest BCUT2D eigenvalue weighted by Gasteiger charge is -2.16. The van der Waals surface area contributed by atoms with E-state index in [1.807, 2.05) is 86.1 Å². The fourth-order valence-corrected chi connectivity index (χ4v) is 7.09. The first kappa shape index (κ1) is 28.9. The van der Waals surface area contributed by atoms with Gasteiger partial charge in [0.25, 0.3) is 0 Å². The summed E-state index contributed by atoms with van der Waals surface area (Å²) in [7, 11) is -2.38. The Labute approximate surface area is 273 Å². The van der Waals surface area contributed by atoms with Gasteiger partial charge in [0.1, 0.15) is 24.0 Å². The van der Waals surface area contributed by atoms with Crippen molar-refractivity contribution in [3.05, 3.63) is 152 Å². The van der Waals surface area contributed by atoms with Crippen molar-refractivity contribution >= 4 is 34.4 Å². The second-order valence-corrected chi connectivity index (χ2v) is 15.3. The molecule has 0 saturated heterocycles. The minimum atomic E-state index is -2.38. The van der Waals surface area contributed by atoms with Crippen molar-refractivity contribution in [3.8, 4) is 56.2 Å². The molecule has 0 aliphatic heterocycles. The number of hydrogen-bond acceptors (Lipinski definition) is 4. The highest BCUT2D eigenvalue weighted by Gasteiger charge is 2.22. The van der Waals surface area contributed by atoms with Gasteiger partial charge in [0, 0.05) is 38.3 Å². The van der Waals surface area contributed by atoms with Crippen LogP contribution in [0.4, 0.5) is 0 Å². The summed E-state index contributed by atoms with van der Waals surface area (Å²) < 4.78 is 19.3. The van der Waals surface area contributed by atoms with Crippen LogP contribution in [0.5, 0.6) is 0 Å². The van der Waals surface area contributed by atoms with Crippen LogP contribution >= 0.6 is 7.14 Å². The van der Waals surface area contributed by atoms with Gasteiger partial charge in [-0.25, -0.2) is 9.97 Å². The summed E-state index contributed by atoms with van der Waals surface area (Å²) in [6.45, 7) is 3.61. The lowest BCUT2D eigenvalue weighted by atomic mass is 9.97. The van der Waals surface area contributed by atoms with Gasteiger partial charge in [0.2, 0.25) is 0 Å². The molecule has 0 fully saturated rings. The molecular weight excluding hydrogens is 595 g/mol. The van der Waals surface area contributed by atoms with Gasteiger partial charge in [-0.15, -0.1) is 0 Å². The predicted octanol–water partition coefficient (Wildman–Crippen LogP) is 11.0. The van der Waals surface area contributed by atoms with E-state index in [9.17, 15) is 4.57 Å². The van der Waals surface area contributed by atoms with Crippen molar-refractivity contribution in [1.82, 2.24) is 9.97 Å². The third kappa shape index (κ3) is 5.37. The van der Waals surface area contributed by atoms with Gasteiger partial charge in [0.05, 0.1) is 17.1 Å². The molecule has 4 nitrogen and oxygen atoms in total. The molecule has 6 aromatic carbocycles. The van der Waals surface area contributed by atoms with Crippen molar-refractivity contribution in [2.24, 2.45) is 0 Å². The Balaban J connectivity index is 1.36. The Bertz CT molecular complexity index is 2440. The molecule has 8 aromatic rings. The van der Waals surface area contributed by atoms with Crippen molar-refractivity contribution in [2.45, 2.75) is 0 Å². The largest absolute Gasteiger partial charge is 0.455 e. The Morgan fingerprint density at radius 2 is 0.979 bits per heavy atom. The van der Waals surface area contributed by atoms with Crippen LogP contribution in [0.1, 0.15) is 0 Å². The van der Waals surface area contributed by atoms with Gasteiger partial charge in [-0.05, 0) is 42.7 Å². The van der Waals surface area contributed by atoms with E-state index in [0.717, 1.165) is 83.4 Å². The number of para-hydroxylation sites is 2. The fraction of sp³-hybridized carbons (Fsp3) is 0.0476. The molecule has 2 heterocycles. The molecule has 0 radical (unpaired) electrons. The van der Waals surface area contributed by atoms with E-state index in [1.165, 1.54) is 0 Å². The first-order chi connectivity index (χ1) is 22.9. The molecule has 0 atom stereocenters. The van der Waals surface area contributed by atoms with Crippen molar-refractivity contribution in [1.29, 1.82) is 0 Å². The standard InChI is InChI=1S/C42H31N2O2P/c1-47(2,45)33-18-11-17-32(27-33)28-23-25-31(26-24-28)39-38(29-13-5-3-6-14-29)44-41(40(43-39)30-15-7-4-8-16-30)36-21-12-20-35-34-19-9-10-22-37(34)46-42(35)36/h3-27H,1-2H3. The summed E-state index contributed by atoms with van der Waals surface area (Å²) >= 11 is 0. The van der Waals surface area contributed by atoms with Crippen LogP contribution in [0.15, 0.2) is 156 Å². The SMILES string of the molecule is CP(C)(=O)c1cccc(-c2ccc(-c3nc(-c4ccccc4)c(-c4cccc5c4oc4ccccc45)nc3-c3ccccc3)cc2)c1. The molecule has 0 amide bonds. The molecule has 5 heteroatoms. The fourth-order valence-electron chi connectivity index (χ4n) is 6.19. The summed E-state index contributed by atoms with van der Waals surface area (Å²) in [5.74, 6) is 0. The zero-order valence-corrected chi connectivity index (χ0v) is 27.0. The number of furan rings is 1. The van der Waals surface area contributed by atoms with E-state index in [0.29, 0.717) is 0 Å². The lowest BCUT2D eigenvalue weighted by molar-refractivity contribution is 0.588. The molecule has 226 valence electrons. The van der Waals surface area contributed by atoms with E-state index in [-0.39, 0.29) is 0 Å². The van der Waals surface area contributed by atoms with E-state index in [4.69, 9.17) is 14.4 Å². The van der Waals surface area contributed by atoms with Crippen LogP contribution in [-0.4, -0.2) is 23.3 Å². The van der Waals surface area contributed by atoms with Crippen LogP contribution in [0, 0.1) is 0 Å². The van der Waals surface area contributed by atoms with Crippen LogP contribution in [0.25, 0.3) is 78.1 Å². The second-order valence-electron chi connectivity index (χ2n) is 12.1. The normalized spacial score (nSPS) is 11.7. The molecule has 47 heavy (non-hydrogen) atoms. The maximum Gasteiger partial charge on any atom is 0.144 e. The van der Waals surface area contributed by atoms with Gasteiger partial charge in [-0.2, -0.15) is 0 Å². The Hall–Kier alpha value is -5.57. The molecule has 2 aromatic heterocycles. The lowest BCUT2D eigenvalue weighted by Crippen LogP contribution is -2.02. The summed E-state index contributed by atoms with van der Waals surface area (Å²) in [5.41, 5.74) is 10.7. The first-order valence-corrected chi connectivity index (χ1v) is 18.2. The van der Waals surface area contributed by atoms with Gasteiger partial charge in [0.15, 0.2) is 0 Å². The van der Waals surface area contributed by atoms with Crippen molar-refractivity contribution in [3.63, 3.8) is 0 Å². The molecular formula is C42H31N2O2P. The molecule has 8 rings (SSSR count). The van der Waals surface area contributed by atoms with Gasteiger partial charge < -0.3 is 8.98 Å². The molecule has 0 N–H and O–H groups in total. The molecule has 0 saturated carbocycles. The Morgan fingerprint density at radius 1 is 0.468 bits per heavy atom. The summed E-state index contributed by atoms with van der Waals surface area (Å²) in [6.07, 6.45) is 0. The van der Waals surface area contributed by atoms with Crippen LogP contribution in [-0.2, 0) is 4.57 Å². The number of aromatic nitrogens is 2. The van der Waals surface area contributed by atoms with E-state index >= 15 is 0 Å². The molecule has 0 aliphatic carbocycles. The topological polar surface area (TPSA) is 56.0 Å². The van der Waals surface area contributed by atoms with Crippen molar-refractivity contribution < 1.29 is 8.98 Å². The quantitative estimate of drug-likeness (QED) is 0.172. The summed E-state index contributed by atoms with van der Waals surface area (Å²) in [6, 6.07) is 51.3. The summed E-state index contributed by atoms with van der Waals surface area (Å²) in [4.78, 5) is 10.9. The smallest absolute Gasteiger partial charge is 0.144 e. The van der Waals surface area contributed by atoms with Gasteiger partial charge in [-0.1, -0.05) is 133 Å². The zero-order valence-electron chi connectivity index (χ0n) is 26.1. The molecule has 0 aliphatic rings. The molecule has 0 spiro atoms. The highest BCUT2D eigenvalue weighted by atomic mass is 31.2. The number of hydrogen-bond donors (Lipinski definition) is 0. The number of benzene rings is 6. The average Bonchev–Trinajstić information content (AvgIpc) is 3.51. The van der Waals surface area contributed by atoms with Crippen LogP contribution in [0.3, 0.4) is 0 Å². The van der Waals surface area contributed by atoms with Crippen LogP contribution in [0.2, 0.25) is 0 Å². The number of fused-ring (bicyclic) bond motifs is 3.